The summed E-state index contributed by atoms with van der Waals surface area (Å²) in [4.78, 5) is 17.7. The van der Waals surface area contributed by atoms with Crippen LogP contribution in [0.2, 0.25) is 0 Å². The standard InChI is InChI=1S/C27H31N5O5S/c1-20-16-22(19-28-23-6-5-7-24(17-23)32(33)34)21(2)31(20)27-18-25(8-9-26(27)29-10-3-4-11-29)38(35,36)30-12-14-37-15-13-30/h5-9,16-19H,3-4,10-15H2,1-2H3. The molecule has 0 N–H and O–H groups in total. The number of sulfonamides is 1. The van der Waals surface area contributed by atoms with E-state index in [0.717, 1.165) is 54.3 Å². The average Bonchev–Trinajstić information content (AvgIpc) is 3.55. The van der Waals surface area contributed by atoms with Gasteiger partial charge >= 0.3 is 0 Å². The molecule has 200 valence electrons. The molecule has 0 unspecified atom stereocenters. The van der Waals surface area contributed by atoms with Gasteiger partial charge in [0.05, 0.1) is 40.1 Å². The van der Waals surface area contributed by atoms with Crippen molar-refractivity contribution in [2.75, 3.05) is 44.3 Å². The molecule has 38 heavy (non-hydrogen) atoms. The number of hydrogen-bond acceptors (Lipinski definition) is 7. The third-order valence-electron chi connectivity index (χ3n) is 7.11. The molecule has 2 aliphatic heterocycles. The zero-order valence-corrected chi connectivity index (χ0v) is 22.4. The molecule has 0 atom stereocenters. The van der Waals surface area contributed by atoms with Crippen molar-refractivity contribution in [1.82, 2.24) is 8.87 Å². The Morgan fingerprint density at radius 2 is 1.71 bits per heavy atom. The van der Waals surface area contributed by atoms with Crippen LogP contribution >= 0.6 is 0 Å². The van der Waals surface area contributed by atoms with E-state index in [2.05, 4.69) is 14.5 Å². The van der Waals surface area contributed by atoms with Gasteiger partial charge < -0.3 is 14.2 Å². The number of non-ortho nitro benzene ring substituents is 1. The number of morpholine rings is 1. The molecule has 0 amide bonds. The Balaban J connectivity index is 1.56. The van der Waals surface area contributed by atoms with Crippen LogP contribution in [-0.2, 0) is 14.8 Å². The molecule has 2 saturated heterocycles. The summed E-state index contributed by atoms with van der Waals surface area (Å²) in [5.74, 6) is 0. The largest absolute Gasteiger partial charge is 0.379 e. The van der Waals surface area contributed by atoms with Crippen molar-refractivity contribution in [1.29, 1.82) is 0 Å². The predicted octanol–water partition coefficient (Wildman–Crippen LogP) is 4.37. The maximum absolute atomic E-state index is 13.5. The van der Waals surface area contributed by atoms with Crippen molar-refractivity contribution in [2.45, 2.75) is 31.6 Å². The van der Waals surface area contributed by atoms with Gasteiger partial charge in [-0.25, -0.2) is 8.42 Å². The molecule has 2 aromatic carbocycles. The number of nitro benzene ring substituents is 1. The summed E-state index contributed by atoms with van der Waals surface area (Å²) in [5, 5.41) is 11.1. The number of nitrogens with zero attached hydrogens (tertiary/aromatic N) is 5. The molecule has 0 radical (unpaired) electrons. The highest BCUT2D eigenvalue weighted by molar-refractivity contribution is 7.89. The molecule has 2 aliphatic rings. The predicted molar refractivity (Wildman–Crippen MR) is 147 cm³/mol. The van der Waals surface area contributed by atoms with Crippen LogP contribution in [0.3, 0.4) is 0 Å². The van der Waals surface area contributed by atoms with Gasteiger partial charge in [-0.2, -0.15) is 4.31 Å². The van der Waals surface area contributed by atoms with Crippen molar-refractivity contribution in [3.05, 3.63) is 75.6 Å². The molecular weight excluding hydrogens is 506 g/mol. The lowest BCUT2D eigenvalue weighted by molar-refractivity contribution is -0.384. The van der Waals surface area contributed by atoms with E-state index in [4.69, 9.17) is 4.74 Å². The number of ether oxygens (including phenoxy) is 1. The number of rotatable bonds is 7. The van der Waals surface area contributed by atoms with Gasteiger partial charge in [-0.05, 0) is 57.0 Å². The average molecular weight is 538 g/mol. The van der Waals surface area contributed by atoms with Crippen molar-refractivity contribution in [3.63, 3.8) is 0 Å². The van der Waals surface area contributed by atoms with E-state index in [0.29, 0.717) is 32.0 Å². The second-order valence-electron chi connectivity index (χ2n) is 9.56. The number of nitro groups is 1. The van der Waals surface area contributed by atoms with Gasteiger partial charge in [0.2, 0.25) is 10.0 Å². The summed E-state index contributed by atoms with van der Waals surface area (Å²) in [6.45, 7) is 7.25. The second-order valence-corrected chi connectivity index (χ2v) is 11.5. The van der Waals surface area contributed by atoms with E-state index in [1.165, 1.54) is 16.4 Å². The van der Waals surface area contributed by atoms with Crippen LogP contribution in [0.5, 0.6) is 0 Å². The summed E-state index contributed by atoms with van der Waals surface area (Å²) >= 11 is 0. The van der Waals surface area contributed by atoms with E-state index in [1.54, 1.807) is 30.5 Å². The van der Waals surface area contributed by atoms with Gasteiger partial charge in [0, 0.05) is 61.5 Å². The highest BCUT2D eigenvalue weighted by Gasteiger charge is 2.28. The fourth-order valence-corrected chi connectivity index (χ4v) is 6.55. The minimum absolute atomic E-state index is 0.0151. The van der Waals surface area contributed by atoms with Crippen molar-refractivity contribution < 1.29 is 18.1 Å². The van der Waals surface area contributed by atoms with Crippen LogP contribution in [0.4, 0.5) is 17.1 Å². The summed E-state index contributed by atoms with van der Waals surface area (Å²) in [7, 11) is -3.67. The number of aliphatic imine (C=N–C) groups is 1. The smallest absolute Gasteiger partial charge is 0.271 e. The molecule has 3 heterocycles. The molecule has 0 bridgehead atoms. The first kappa shape index (κ1) is 26.1. The Hall–Kier alpha value is -3.54. The van der Waals surface area contributed by atoms with Gasteiger partial charge in [-0.3, -0.25) is 15.1 Å². The summed E-state index contributed by atoms with van der Waals surface area (Å²) < 4.78 is 35.9. The minimum Gasteiger partial charge on any atom is -0.379 e. The van der Waals surface area contributed by atoms with Gasteiger partial charge in [-0.1, -0.05) is 6.07 Å². The molecule has 0 aliphatic carbocycles. The normalized spacial score (nSPS) is 16.9. The monoisotopic (exact) mass is 537 g/mol. The van der Waals surface area contributed by atoms with Gasteiger partial charge in [-0.15, -0.1) is 0 Å². The highest BCUT2D eigenvalue weighted by atomic mass is 32.2. The molecule has 1 aromatic heterocycles. The molecular formula is C27H31N5O5S. The molecule has 0 saturated carbocycles. The molecule has 2 fully saturated rings. The molecule has 3 aromatic rings. The minimum atomic E-state index is -3.67. The molecule has 5 rings (SSSR count). The number of hydrogen-bond donors (Lipinski definition) is 0. The van der Waals surface area contributed by atoms with Crippen LogP contribution < -0.4 is 4.90 Å². The van der Waals surface area contributed by atoms with E-state index >= 15 is 0 Å². The van der Waals surface area contributed by atoms with Crippen molar-refractivity contribution in [3.8, 4) is 5.69 Å². The molecule has 11 heteroatoms. The zero-order valence-electron chi connectivity index (χ0n) is 21.5. The topological polar surface area (TPSA) is 110 Å². The van der Waals surface area contributed by atoms with Gasteiger partial charge in [0.15, 0.2) is 0 Å². The number of aryl methyl sites for hydroxylation is 1. The maximum atomic E-state index is 13.5. The third-order valence-corrected chi connectivity index (χ3v) is 9.00. The first-order valence-corrected chi connectivity index (χ1v) is 14.1. The van der Waals surface area contributed by atoms with E-state index in [1.807, 2.05) is 26.0 Å². The lowest BCUT2D eigenvalue weighted by Crippen LogP contribution is -2.40. The summed E-state index contributed by atoms with van der Waals surface area (Å²) in [5.41, 5.74) is 4.96. The quantitative estimate of drug-likeness (QED) is 0.251. The third kappa shape index (κ3) is 5.09. The number of aromatic nitrogens is 1. The lowest BCUT2D eigenvalue weighted by Gasteiger charge is -2.28. The van der Waals surface area contributed by atoms with Crippen LogP contribution in [0.15, 0.2) is 58.4 Å². The Kier molecular flexibility index (Phi) is 7.33. The van der Waals surface area contributed by atoms with E-state index in [9.17, 15) is 18.5 Å². The maximum Gasteiger partial charge on any atom is 0.271 e. The second kappa shape index (κ2) is 10.7. The van der Waals surface area contributed by atoms with Crippen LogP contribution in [-0.4, -0.2) is 67.8 Å². The van der Waals surface area contributed by atoms with Crippen molar-refractivity contribution in [2.24, 2.45) is 4.99 Å². The Labute approximate surface area is 222 Å². The van der Waals surface area contributed by atoms with Gasteiger partial charge in [0.25, 0.3) is 5.69 Å². The molecule has 0 spiro atoms. The Morgan fingerprint density at radius 1 is 0.974 bits per heavy atom. The first-order valence-electron chi connectivity index (χ1n) is 12.7. The summed E-state index contributed by atoms with van der Waals surface area (Å²) in [6, 6.07) is 13.6. The number of benzene rings is 2. The van der Waals surface area contributed by atoms with E-state index in [-0.39, 0.29) is 10.6 Å². The SMILES string of the molecule is Cc1cc(C=Nc2cccc([N+](=O)[O-])c2)c(C)n1-c1cc(S(=O)(=O)N2CCOCC2)ccc1N1CCCC1. The lowest BCUT2D eigenvalue weighted by atomic mass is 10.2. The fraction of sp³-hybridized carbons (Fsp3) is 0.370. The van der Waals surface area contributed by atoms with Crippen LogP contribution in [0.1, 0.15) is 29.8 Å². The molecule has 10 nitrogen and oxygen atoms in total. The Morgan fingerprint density at radius 3 is 2.42 bits per heavy atom. The van der Waals surface area contributed by atoms with Crippen LogP contribution in [0, 0.1) is 24.0 Å². The zero-order chi connectivity index (χ0) is 26.9. The van der Waals surface area contributed by atoms with E-state index < -0.39 is 14.9 Å². The summed E-state index contributed by atoms with van der Waals surface area (Å²) in [6.07, 6.45) is 3.89. The van der Waals surface area contributed by atoms with Crippen LogP contribution in [0.25, 0.3) is 5.69 Å². The van der Waals surface area contributed by atoms with Gasteiger partial charge in [0.1, 0.15) is 0 Å². The van der Waals surface area contributed by atoms with Crippen molar-refractivity contribution >= 4 is 33.3 Å². The fourth-order valence-electron chi connectivity index (χ4n) is 5.12. The number of anilines is 1. The Bertz CT molecular complexity index is 1490. The first-order chi connectivity index (χ1) is 18.3. The highest BCUT2D eigenvalue weighted by Crippen LogP contribution is 2.34.